The highest BCUT2D eigenvalue weighted by Gasteiger charge is 2.21. The summed E-state index contributed by atoms with van der Waals surface area (Å²) in [5.41, 5.74) is 0.605. The van der Waals surface area contributed by atoms with E-state index in [1.165, 1.54) is 12.8 Å². The molecule has 0 unspecified atom stereocenters. The zero-order valence-corrected chi connectivity index (χ0v) is 14.0. The third-order valence-electron chi connectivity index (χ3n) is 3.89. The van der Waals surface area contributed by atoms with Crippen molar-refractivity contribution in [1.82, 2.24) is 9.80 Å². The van der Waals surface area contributed by atoms with E-state index >= 15 is 0 Å². The smallest absolute Gasteiger partial charge is 0.322 e. The molecule has 1 heterocycles. The van der Waals surface area contributed by atoms with Crippen molar-refractivity contribution in [3.63, 3.8) is 0 Å². The van der Waals surface area contributed by atoms with Crippen LogP contribution in [0.25, 0.3) is 0 Å². The predicted molar refractivity (Wildman–Crippen MR) is 89.9 cm³/mol. The van der Waals surface area contributed by atoms with Gasteiger partial charge in [-0.2, -0.15) is 0 Å². The summed E-state index contributed by atoms with van der Waals surface area (Å²) in [6.45, 7) is 6.67. The fourth-order valence-electron chi connectivity index (χ4n) is 2.53. The Kier molecular flexibility index (Phi) is 6.34. The van der Waals surface area contributed by atoms with Crippen molar-refractivity contribution in [2.75, 3.05) is 45.2 Å². The van der Waals surface area contributed by atoms with Crippen LogP contribution in [0.15, 0.2) is 18.2 Å². The van der Waals surface area contributed by atoms with E-state index in [4.69, 9.17) is 16.3 Å². The number of amides is 2. The zero-order valence-electron chi connectivity index (χ0n) is 13.3. The van der Waals surface area contributed by atoms with Crippen LogP contribution < -0.4 is 10.1 Å². The van der Waals surface area contributed by atoms with Gasteiger partial charge in [0.25, 0.3) is 0 Å². The van der Waals surface area contributed by atoms with Gasteiger partial charge in [0.1, 0.15) is 5.75 Å². The largest absolute Gasteiger partial charge is 0.495 e. The number of benzene rings is 1. The highest BCUT2D eigenvalue weighted by molar-refractivity contribution is 6.31. The summed E-state index contributed by atoms with van der Waals surface area (Å²) < 4.78 is 5.25. The molecule has 1 aromatic carbocycles. The topological polar surface area (TPSA) is 44.8 Å². The second-order valence-corrected chi connectivity index (χ2v) is 5.89. The van der Waals surface area contributed by atoms with E-state index in [9.17, 15) is 4.79 Å². The van der Waals surface area contributed by atoms with Crippen molar-refractivity contribution in [2.45, 2.75) is 19.8 Å². The first-order valence-electron chi connectivity index (χ1n) is 7.76. The highest BCUT2D eigenvalue weighted by Crippen LogP contribution is 2.28. The molecule has 2 amide bonds. The Morgan fingerprint density at radius 1 is 1.32 bits per heavy atom. The second-order valence-electron chi connectivity index (χ2n) is 5.46. The number of carbonyl (C=O) groups excluding carboxylic acids is 1. The average Bonchev–Trinajstić information content (AvgIpc) is 2.53. The van der Waals surface area contributed by atoms with Crippen molar-refractivity contribution in [3.05, 3.63) is 23.2 Å². The van der Waals surface area contributed by atoms with Crippen LogP contribution in [0.5, 0.6) is 5.75 Å². The summed E-state index contributed by atoms with van der Waals surface area (Å²) >= 11 is 5.98. The standard InChI is InChI=1S/C16H24ClN3O2/c1-3-4-7-19-8-10-20(11-9-19)16(21)18-14-12-13(17)5-6-15(14)22-2/h5-6,12H,3-4,7-11H2,1-2H3,(H,18,21). The number of carbonyl (C=O) groups is 1. The number of unbranched alkanes of at least 4 members (excludes halogenated alkanes) is 1. The van der Waals surface area contributed by atoms with E-state index in [0.29, 0.717) is 16.5 Å². The molecule has 0 radical (unpaired) electrons. The van der Waals surface area contributed by atoms with Crippen LogP contribution in [0.4, 0.5) is 10.5 Å². The molecular formula is C16H24ClN3O2. The van der Waals surface area contributed by atoms with E-state index < -0.39 is 0 Å². The molecule has 2 rings (SSSR count). The molecule has 0 aromatic heterocycles. The molecule has 1 aliphatic heterocycles. The Morgan fingerprint density at radius 3 is 2.68 bits per heavy atom. The van der Waals surface area contributed by atoms with Gasteiger partial charge in [0.05, 0.1) is 12.8 Å². The number of hydrogen-bond acceptors (Lipinski definition) is 3. The van der Waals surface area contributed by atoms with E-state index in [-0.39, 0.29) is 6.03 Å². The predicted octanol–water partition coefficient (Wildman–Crippen LogP) is 3.30. The number of urea groups is 1. The summed E-state index contributed by atoms with van der Waals surface area (Å²) in [6, 6.07) is 5.09. The summed E-state index contributed by atoms with van der Waals surface area (Å²) in [6.07, 6.45) is 2.42. The summed E-state index contributed by atoms with van der Waals surface area (Å²) in [4.78, 5) is 16.6. The number of halogens is 1. The van der Waals surface area contributed by atoms with Crippen molar-refractivity contribution < 1.29 is 9.53 Å². The molecule has 5 nitrogen and oxygen atoms in total. The number of rotatable bonds is 5. The Morgan fingerprint density at radius 2 is 2.05 bits per heavy atom. The molecule has 1 aliphatic rings. The van der Waals surface area contributed by atoms with Crippen molar-refractivity contribution in [1.29, 1.82) is 0 Å². The quantitative estimate of drug-likeness (QED) is 0.903. The number of methoxy groups -OCH3 is 1. The lowest BCUT2D eigenvalue weighted by Crippen LogP contribution is -2.50. The molecule has 0 saturated carbocycles. The Balaban J connectivity index is 1.90. The average molecular weight is 326 g/mol. The molecule has 0 atom stereocenters. The molecule has 1 saturated heterocycles. The zero-order chi connectivity index (χ0) is 15.9. The molecule has 1 N–H and O–H groups in total. The number of nitrogens with one attached hydrogen (secondary N) is 1. The molecule has 1 aromatic rings. The summed E-state index contributed by atoms with van der Waals surface area (Å²) in [5, 5.41) is 3.46. The molecule has 22 heavy (non-hydrogen) atoms. The monoisotopic (exact) mass is 325 g/mol. The van der Waals surface area contributed by atoms with E-state index in [0.717, 1.165) is 32.7 Å². The number of hydrogen-bond donors (Lipinski definition) is 1. The van der Waals surface area contributed by atoms with Gasteiger partial charge in [-0.25, -0.2) is 4.79 Å². The highest BCUT2D eigenvalue weighted by atomic mass is 35.5. The number of ether oxygens (including phenoxy) is 1. The van der Waals surface area contributed by atoms with Gasteiger partial charge in [0.15, 0.2) is 0 Å². The lowest BCUT2D eigenvalue weighted by Gasteiger charge is -2.34. The van der Waals surface area contributed by atoms with E-state index in [2.05, 4.69) is 17.1 Å². The van der Waals surface area contributed by atoms with Crippen LogP contribution in [0.1, 0.15) is 19.8 Å². The summed E-state index contributed by atoms with van der Waals surface area (Å²) in [7, 11) is 1.57. The Hall–Kier alpha value is -1.46. The maximum Gasteiger partial charge on any atom is 0.322 e. The van der Waals surface area contributed by atoms with Crippen LogP contribution in [-0.2, 0) is 0 Å². The van der Waals surface area contributed by atoms with Gasteiger partial charge >= 0.3 is 6.03 Å². The van der Waals surface area contributed by atoms with Crippen LogP contribution >= 0.6 is 11.6 Å². The molecule has 122 valence electrons. The minimum absolute atomic E-state index is 0.101. The van der Waals surface area contributed by atoms with Crippen LogP contribution in [0.3, 0.4) is 0 Å². The molecule has 0 bridgehead atoms. The molecular weight excluding hydrogens is 302 g/mol. The maximum atomic E-state index is 12.4. The first-order valence-corrected chi connectivity index (χ1v) is 8.13. The third-order valence-corrected chi connectivity index (χ3v) is 4.13. The molecule has 0 spiro atoms. The molecule has 6 heteroatoms. The van der Waals surface area contributed by atoms with E-state index in [1.807, 2.05) is 4.90 Å². The van der Waals surface area contributed by atoms with E-state index in [1.54, 1.807) is 25.3 Å². The van der Waals surface area contributed by atoms with Gasteiger partial charge in [-0.1, -0.05) is 24.9 Å². The second kappa shape index (κ2) is 8.25. The molecule has 1 fully saturated rings. The van der Waals surface area contributed by atoms with Gasteiger partial charge in [0, 0.05) is 31.2 Å². The lowest BCUT2D eigenvalue weighted by molar-refractivity contribution is 0.146. The first-order chi connectivity index (χ1) is 10.6. The fourth-order valence-corrected chi connectivity index (χ4v) is 2.70. The van der Waals surface area contributed by atoms with Gasteiger partial charge < -0.3 is 15.0 Å². The fraction of sp³-hybridized carbons (Fsp3) is 0.562. The number of nitrogens with zero attached hydrogens (tertiary/aromatic N) is 2. The third kappa shape index (κ3) is 4.52. The molecule has 0 aliphatic carbocycles. The van der Waals surface area contributed by atoms with Crippen molar-refractivity contribution >= 4 is 23.3 Å². The van der Waals surface area contributed by atoms with Gasteiger partial charge in [0.2, 0.25) is 0 Å². The Bertz CT molecular complexity index is 502. The number of piperazine rings is 1. The van der Waals surface area contributed by atoms with Crippen LogP contribution in [0.2, 0.25) is 5.02 Å². The minimum Gasteiger partial charge on any atom is -0.495 e. The summed E-state index contributed by atoms with van der Waals surface area (Å²) in [5.74, 6) is 0.610. The number of anilines is 1. The van der Waals surface area contributed by atoms with Crippen molar-refractivity contribution in [2.24, 2.45) is 0 Å². The normalized spacial score (nSPS) is 15.7. The first kappa shape index (κ1) is 16.9. The SMILES string of the molecule is CCCCN1CCN(C(=O)Nc2cc(Cl)ccc2OC)CC1. The Labute approximate surface area is 137 Å². The van der Waals surface area contributed by atoms with Crippen LogP contribution in [-0.4, -0.2) is 55.7 Å². The maximum absolute atomic E-state index is 12.4. The van der Waals surface area contributed by atoms with Crippen molar-refractivity contribution in [3.8, 4) is 5.75 Å². The van der Waals surface area contributed by atoms with Gasteiger partial charge in [-0.3, -0.25) is 4.90 Å². The lowest BCUT2D eigenvalue weighted by atomic mass is 10.2. The minimum atomic E-state index is -0.101. The van der Waals surface area contributed by atoms with Gasteiger partial charge in [-0.05, 0) is 31.2 Å². The van der Waals surface area contributed by atoms with Gasteiger partial charge in [-0.15, -0.1) is 0 Å². The van der Waals surface area contributed by atoms with Crippen LogP contribution in [0, 0.1) is 0 Å².